The van der Waals surface area contributed by atoms with E-state index < -0.39 is 9.84 Å². The molecule has 1 unspecified atom stereocenters. The summed E-state index contributed by atoms with van der Waals surface area (Å²) < 4.78 is 27.5. The van der Waals surface area contributed by atoms with E-state index in [1.807, 2.05) is 13.8 Å². The standard InChI is InChI=1S/C10H20O4S/c1-4-9(2)8-15(12,13)7-5-6-10(11)14-3/h9H,4-8H2,1-3H3. The van der Waals surface area contributed by atoms with Gasteiger partial charge in [0.05, 0.1) is 18.6 Å². The lowest BCUT2D eigenvalue weighted by Crippen LogP contribution is -2.17. The summed E-state index contributed by atoms with van der Waals surface area (Å²) in [5.41, 5.74) is 0. The van der Waals surface area contributed by atoms with Gasteiger partial charge >= 0.3 is 5.97 Å². The largest absolute Gasteiger partial charge is 0.469 e. The Balaban J connectivity index is 3.90. The van der Waals surface area contributed by atoms with Crippen molar-refractivity contribution < 1.29 is 17.9 Å². The molecule has 0 aliphatic heterocycles. The minimum Gasteiger partial charge on any atom is -0.469 e. The fourth-order valence-electron chi connectivity index (χ4n) is 1.17. The van der Waals surface area contributed by atoms with Gasteiger partial charge in [-0.1, -0.05) is 20.3 Å². The van der Waals surface area contributed by atoms with Gasteiger partial charge in [-0.25, -0.2) is 8.42 Å². The first-order chi connectivity index (χ1) is 6.91. The molecule has 5 heteroatoms. The number of hydrogen-bond donors (Lipinski definition) is 0. The summed E-state index contributed by atoms with van der Waals surface area (Å²) in [6, 6.07) is 0. The summed E-state index contributed by atoms with van der Waals surface area (Å²) in [4.78, 5) is 10.8. The zero-order valence-corrected chi connectivity index (χ0v) is 10.5. The SMILES string of the molecule is CCC(C)CS(=O)(=O)CCCC(=O)OC. The second kappa shape index (κ2) is 6.82. The molecule has 0 heterocycles. The molecule has 0 amide bonds. The maximum absolute atomic E-state index is 11.5. The number of esters is 1. The van der Waals surface area contributed by atoms with Gasteiger partial charge in [0, 0.05) is 6.42 Å². The Kier molecular flexibility index (Phi) is 6.56. The summed E-state index contributed by atoms with van der Waals surface area (Å²) in [5, 5.41) is 0. The van der Waals surface area contributed by atoms with Crippen molar-refractivity contribution in [3.63, 3.8) is 0 Å². The first-order valence-electron chi connectivity index (χ1n) is 5.18. The van der Waals surface area contributed by atoms with E-state index in [-0.39, 0.29) is 29.8 Å². The molecule has 0 aromatic carbocycles. The molecule has 0 aliphatic rings. The third-order valence-corrected chi connectivity index (χ3v) is 4.29. The number of ether oxygens (including phenoxy) is 1. The molecule has 0 radical (unpaired) electrons. The maximum Gasteiger partial charge on any atom is 0.305 e. The Morgan fingerprint density at radius 3 is 2.47 bits per heavy atom. The Bertz CT molecular complexity index is 282. The minimum atomic E-state index is -3.00. The molecule has 0 aromatic rings. The highest BCUT2D eigenvalue weighted by Gasteiger charge is 2.15. The van der Waals surface area contributed by atoms with Gasteiger partial charge in [0.2, 0.25) is 0 Å². The average molecular weight is 236 g/mol. The molecule has 0 fully saturated rings. The van der Waals surface area contributed by atoms with Crippen molar-refractivity contribution >= 4 is 15.8 Å². The van der Waals surface area contributed by atoms with E-state index in [0.717, 1.165) is 6.42 Å². The van der Waals surface area contributed by atoms with Gasteiger partial charge in [-0.05, 0) is 12.3 Å². The van der Waals surface area contributed by atoms with E-state index in [4.69, 9.17) is 0 Å². The summed E-state index contributed by atoms with van der Waals surface area (Å²) >= 11 is 0. The van der Waals surface area contributed by atoms with Crippen LogP contribution in [0.15, 0.2) is 0 Å². The van der Waals surface area contributed by atoms with Gasteiger partial charge in [-0.15, -0.1) is 0 Å². The number of rotatable bonds is 7. The minimum absolute atomic E-state index is 0.0758. The molecular formula is C10H20O4S. The predicted molar refractivity (Wildman–Crippen MR) is 59.4 cm³/mol. The molecular weight excluding hydrogens is 216 g/mol. The molecule has 0 saturated heterocycles. The number of sulfone groups is 1. The van der Waals surface area contributed by atoms with E-state index in [2.05, 4.69) is 4.74 Å². The fourth-order valence-corrected chi connectivity index (χ4v) is 3.03. The van der Waals surface area contributed by atoms with Gasteiger partial charge in [0.1, 0.15) is 0 Å². The molecule has 0 N–H and O–H groups in total. The lowest BCUT2D eigenvalue weighted by molar-refractivity contribution is -0.140. The number of methoxy groups -OCH3 is 1. The lowest BCUT2D eigenvalue weighted by atomic mass is 10.2. The predicted octanol–water partition coefficient (Wildman–Crippen LogP) is 1.40. The van der Waals surface area contributed by atoms with Gasteiger partial charge in [0.25, 0.3) is 0 Å². The first kappa shape index (κ1) is 14.4. The smallest absolute Gasteiger partial charge is 0.305 e. The zero-order chi connectivity index (χ0) is 11.9. The van der Waals surface area contributed by atoms with E-state index >= 15 is 0 Å². The second-order valence-electron chi connectivity index (χ2n) is 3.81. The van der Waals surface area contributed by atoms with Gasteiger partial charge in [-0.3, -0.25) is 4.79 Å². The summed E-state index contributed by atoms with van der Waals surface area (Å²) in [5.74, 6) is 0.124. The van der Waals surface area contributed by atoms with Crippen LogP contribution in [0.2, 0.25) is 0 Å². The summed E-state index contributed by atoms with van der Waals surface area (Å²) in [7, 11) is -1.70. The normalized spacial score (nSPS) is 13.5. The highest BCUT2D eigenvalue weighted by molar-refractivity contribution is 7.91. The van der Waals surface area contributed by atoms with E-state index in [9.17, 15) is 13.2 Å². The van der Waals surface area contributed by atoms with Gasteiger partial charge in [0.15, 0.2) is 9.84 Å². The topological polar surface area (TPSA) is 60.4 Å². The Morgan fingerprint density at radius 1 is 1.40 bits per heavy atom. The second-order valence-corrected chi connectivity index (χ2v) is 6.04. The van der Waals surface area contributed by atoms with Crippen LogP contribution in [0.25, 0.3) is 0 Å². The number of hydrogen-bond acceptors (Lipinski definition) is 4. The first-order valence-corrected chi connectivity index (χ1v) is 7.00. The highest BCUT2D eigenvalue weighted by Crippen LogP contribution is 2.07. The van der Waals surface area contributed by atoms with Crippen LogP contribution >= 0.6 is 0 Å². The average Bonchev–Trinajstić information content (AvgIpc) is 2.16. The maximum atomic E-state index is 11.5. The monoisotopic (exact) mass is 236 g/mol. The number of carbonyl (C=O) groups excluding carboxylic acids is 1. The van der Waals surface area contributed by atoms with Crippen LogP contribution in [-0.2, 0) is 19.4 Å². The Morgan fingerprint density at radius 2 is 2.00 bits per heavy atom. The molecule has 0 rings (SSSR count). The van der Waals surface area contributed by atoms with Crippen molar-refractivity contribution in [1.82, 2.24) is 0 Å². The van der Waals surface area contributed by atoms with Crippen molar-refractivity contribution in [2.75, 3.05) is 18.6 Å². The van der Waals surface area contributed by atoms with Crippen molar-refractivity contribution in [1.29, 1.82) is 0 Å². The molecule has 4 nitrogen and oxygen atoms in total. The van der Waals surface area contributed by atoms with Crippen LogP contribution in [0.1, 0.15) is 33.1 Å². The van der Waals surface area contributed by atoms with Crippen LogP contribution in [-0.4, -0.2) is 33.0 Å². The molecule has 0 spiro atoms. The van der Waals surface area contributed by atoms with Crippen molar-refractivity contribution in [2.45, 2.75) is 33.1 Å². The van der Waals surface area contributed by atoms with Gasteiger partial charge in [-0.2, -0.15) is 0 Å². The highest BCUT2D eigenvalue weighted by atomic mass is 32.2. The molecule has 0 aromatic heterocycles. The summed E-state index contributed by atoms with van der Waals surface area (Å²) in [6.07, 6.45) is 1.39. The van der Waals surface area contributed by atoms with Crippen molar-refractivity contribution in [2.24, 2.45) is 5.92 Å². The van der Waals surface area contributed by atoms with Crippen LogP contribution in [0.3, 0.4) is 0 Å². The summed E-state index contributed by atoms with van der Waals surface area (Å²) in [6.45, 7) is 3.88. The van der Waals surface area contributed by atoms with E-state index in [1.165, 1.54) is 7.11 Å². The molecule has 1 atom stereocenters. The third kappa shape index (κ3) is 7.36. The molecule has 0 aliphatic carbocycles. The molecule has 0 bridgehead atoms. The van der Waals surface area contributed by atoms with E-state index in [0.29, 0.717) is 6.42 Å². The van der Waals surface area contributed by atoms with Crippen molar-refractivity contribution in [3.05, 3.63) is 0 Å². The van der Waals surface area contributed by atoms with Crippen LogP contribution in [0, 0.1) is 5.92 Å². The fraction of sp³-hybridized carbons (Fsp3) is 0.900. The molecule has 15 heavy (non-hydrogen) atoms. The van der Waals surface area contributed by atoms with Crippen LogP contribution in [0.5, 0.6) is 0 Å². The van der Waals surface area contributed by atoms with Crippen LogP contribution < -0.4 is 0 Å². The Hall–Kier alpha value is -0.580. The quantitative estimate of drug-likeness (QED) is 0.627. The lowest BCUT2D eigenvalue weighted by Gasteiger charge is -2.08. The number of carbonyl (C=O) groups is 1. The van der Waals surface area contributed by atoms with Crippen LogP contribution in [0.4, 0.5) is 0 Å². The van der Waals surface area contributed by atoms with Gasteiger partial charge < -0.3 is 4.74 Å². The third-order valence-electron chi connectivity index (χ3n) is 2.30. The zero-order valence-electron chi connectivity index (χ0n) is 9.65. The van der Waals surface area contributed by atoms with E-state index in [1.54, 1.807) is 0 Å². The van der Waals surface area contributed by atoms with Crippen molar-refractivity contribution in [3.8, 4) is 0 Å². The Labute approximate surface area is 91.9 Å². The molecule has 0 saturated carbocycles. The molecule has 90 valence electrons.